The van der Waals surface area contributed by atoms with Crippen LogP contribution in [0.2, 0.25) is 0 Å². The molecule has 2 nitrogen and oxygen atoms in total. The van der Waals surface area contributed by atoms with E-state index >= 15 is 0 Å². The van der Waals surface area contributed by atoms with Gasteiger partial charge in [-0.25, -0.2) is 4.98 Å². The number of nitrogens with zero attached hydrogens (tertiary/aromatic N) is 1. The predicted octanol–water partition coefficient (Wildman–Crippen LogP) is 6.41. The molecule has 0 aliphatic rings. The lowest BCUT2D eigenvalue weighted by Crippen LogP contribution is -1.97. The number of fused-ring (bicyclic) bond motifs is 3. The Labute approximate surface area is 158 Å². The highest BCUT2D eigenvalue weighted by molar-refractivity contribution is 7.26. The van der Waals surface area contributed by atoms with Crippen LogP contribution in [0.5, 0.6) is 0 Å². The Hall–Kier alpha value is -2.82. The van der Waals surface area contributed by atoms with Crippen molar-refractivity contribution in [3.8, 4) is 9.88 Å². The molecule has 5 rings (SSSR count). The summed E-state index contributed by atoms with van der Waals surface area (Å²) in [6.07, 6.45) is 0. The summed E-state index contributed by atoms with van der Waals surface area (Å²) < 4.78 is 1.20. The highest BCUT2D eigenvalue weighted by Gasteiger charge is 2.15. The molecule has 2 aromatic heterocycles. The third-order valence-corrected chi connectivity index (χ3v) is 6.71. The zero-order valence-corrected chi connectivity index (χ0v) is 15.3. The van der Waals surface area contributed by atoms with Gasteiger partial charge in [-0.05, 0) is 23.6 Å². The molecule has 124 valence electrons. The SMILES string of the molecule is O=C(c1ccccc1)c1ccc(-c2nc3ccc4ccccc4c3s2)s1. The lowest BCUT2D eigenvalue weighted by atomic mass is 10.1. The molecule has 0 aliphatic heterocycles. The van der Waals surface area contributed by atoms with E-state index in [9.17, 15) is 4.79 Å². The molecule has 26 heavy (non-hydrogen) atoms. The summed E-state index contributed by atoms with van der Waals surface area (Å²) in [5.74, 6) is 0.0633. The predicted molar refractivity (Wildman–Crippen MR) is 110 cm³/mol. The van der Waals surface area contributed by atoms with E-state index in [1.165, 1.54) is 26.8 Å². The minimum absolute atomic E-state index is 0.0633. The van der Waals surface area contributed by atoms with E-state index in [1.54, 1.807) is 11.3 Å². The highest BCUT2D eigenvalue weighted by Crippen LogP contribution is 2.38. The van der Waals surface area contributed by atoms with Gasteiger partial charge in [0.25, 0.3) is 0 Å². The first-order valence-electron chi connectivity index (χ1n) is 8.28. The maximum atomic E-state index is 12.6. The van der Waals surface area contributed by atoms with E-state index in [4.69, 9.17) is 4.98 Å². The largest absolute Gasteiger partial charge is 0.288 e. The number of carbonyl (C=O) groups is 1. The summed E-state index contributed by atoms with van der Waals surface area (Å²) in [6, 6.07) is 25.9. The van der Waals surface area contributed by atoms with E-state index in [0.29, 0.717) is 0 Å². The maximum absolute atomic E-state index is 12.6. The fourth-order valence-corrected chi connectivity index (χ4v) is 5.19. The fraction of sp³-hybridized carbons (Fsp3) is 0. The number of aromatic nitrogens is 1. The zero-order valence-electron chi connectivity index (χ0n) is 13.7. The maximum Gasteiger partial charge on any atom is 0.202 e. The molecule has 0 saturated carbocycles. The average Bonchev–Trinajstić information content (AvgIpc) is 3.35. The zero-order chi connectivity index (χ0) is 17.5. The molecule has 3 aromatic carbocycles. The van der Waals surface area contributed by atoms with Gasteiger partial charge in [-0.3, -0.25) is 4.79 Å². The molecule has 0 spiro atoms. The van der Waals surface area contributed by atoms with Crippen LogP contribution < -0.4 is 0 Å². The molecule has 4 heteroatoms. The number of rotatable bonds is 3. The minimum Gasteiger partial charge on any atom is -0.288 e. The Balaban J connectivity index is 1.58. The minimum atomic E-state index is 0.0633. The Morgan fingerprint density at radius 2 is 1.58 bits per heavy atom. The number of thiophene rings is 1. The Bertz CT molecular complexity index is 1250. The van der Waals surface area contributed by atoms with Crippen molar-refractivity contribution < 1.29 is 4.79 Å². The van der Waals surface area contributed by atoms with E-state index in [0.717, 1.165) is 25.8 Å². The van der Waals surface area contributed by atoms with Crippen molar-refractivity contribution in [3.05, 3.63) is 89.3 Å². The Kier molecular flexibility index (Phi) is 3.66. The molecule has 0 aliphatic carbocycles. The standard InChI is InChI=1S/C22H13NOS2/c24-20(15-7-2-1-3-8-15)18-12-13-19(25-18)22-23-17-11-10-14-6-4-5-9-16(14)21(17)26-22/h1-13H. The van der Waals surface area contributed by atoms with Crippen molar-refractivity contribution in [2.75, 3.05) is 0 Å². The molecule has 0 amide bonds. The topological polar surface area (TPSA) is 30.0 Å². The smallest absolute Gasteiger partial charge is 0.202 e. The van der Waals surface area contributed by atoms with Crippen LogP contribution in [0.25, 0.3) is 30.9 Å². The summed E-state index contributed by atoms with van der Waals surface area (Å²) in [7, 11) is 0. The Morgan fingerprint density at radius 3 is 2.46 bits per heavy atom. The summed E-state index contributed by atoms with van der Waals surface area (Å²) in [4.78, 5) is 19.2. The molecule has 5 aromatic rings. The number of carbonyl (C=O) groups excluding carboxylic acids is 1. The first kappa shape index (κ1) is 15.4. The monoisotopic (exact) mass is 371 g/mol. The van der Waals surface area contributed by atoms with Crippen LogP contribution >= 0.6 is 22.7 Å². The summed E-state index contributed by atoms with van der Waals surface area (Å²) in [5, 5.41) is 3.42. The summed E-state index contributed by atoms with van der Waals surface area (Å²) in [5.41, 5.74) is 1.73. The lowest BCUT2D eigenvalue weighted by molar-refractivity contribution is 0.104. The summed E-state index contributed by atoms with van der Waals surface area (Å²) in [6.45, 7) is 0. The van der Waals surface area contributed by atoms with Crippen LogP contribution in [0.1, 0.15) is 15.2 Å². The first-order chi connectivity index (χ1) is 12.8. The van der Waals surface area contributed by atoms with Gasteiger partial charge >= 0.3 is 0 Å². The van der Waals surface area contributed by atoms with Gasteiger partial charge in [0.05, 0.1) is 20.0 Å². The number of hydrogen-bond donors (Lipinski definition) is 0. The van der Waals surface area contributed by atoms with Crippen LogP contribution in [0.3, 0.4) is 0 Å². The van der Waals surface area contributed by atoms with Crippen LogP contribution in [0.4, 0.5) is 0 Å². The van der Waals surface area contributed by atoms with Crippen molar-refractivity contribution in [1.82, 2.24) is 4.98 Å². The second-order valence-electron chi connectivity index (χ2n) is 6.01. The third-order valence-electron chi connectivity index (χ3n) is 4.36. The van der Waals surface area contributed by atoms with Crippen LogP contribution in [0, 0.1) is 0 Å². The van der Waals surface area contributed by atoms with Crippen molar-refractivity contribution >= 4 is 49.4 Å². The second kappa shape index (κ2) is 6.16. The fourth-order valence-electron chi connectivity index (χ4n) is 3.07. The van der Waals surface area contributed by atoms with E-state index < -0.39 is 0 Å². The molecule has 0 atom stereocenters. The Morgan fingerprint density at radius 1 is 0.769 bits per heavy atom. The van der Waals surface area contributed by atoms with Gasteiger partial charge in [-0.1, -0.05) is 60.7 Å². The quantitative estimate of drug-likeness (QED) is 0.343. The molecule has 0 unspecified atom stereocenters. The molecule has 0 saturated heterocycles. The number of hydrogen-bond acceptors (Lipinski definition) is 4. The number of ketones is 1. The highest BCUT2D eigenvalue weighted by atomic mass is 32.1. The van der Waals surface area contributed by atoms with Crippen molar-refractivity contribution in [3.63, 3.8) is 0 Å². The third kappa shape index (κ3) is 2.55. The van der Waals surface area contributed by atoms with Crippen LogP contribution in [-0.2, 0) is 0 Å². The molecule has 2 heterocycles. The van der Waals surface area contributed by atoms with Crippen LogP contribution in [0.15, 0.2) is 78.9 Å². The van der Waals surface area contributed by atoms with Gasteiger partial charge in [0.2, 0.25) is 5.78 Å². The lowest BCUT2D eigenvalue weighted by Gasteiger charge is -1.96. The van der Waals surface area contributed by atoms with Crippen LogP contribution in [-0.4, -0.2) is 10.8 Å². The van der Waals surface area contributed by atoms with Gasteiger partial charge in [0, 0.05) is 10.9 Å². The first-order valence-corrected chi connectivity index (χ1v) is 9.91. The van der Waals surface area contributed by atoms with Crippen molar-refractivity contribution in [1.29, 1.82) is 0 Å². The molecule has 0 fully saturated rings. The molecule has 0 radical (unpaired) electrons. The average molecular weight is 371 g/mol. The summed E-state index contributed by atoms with van der Waals surface area (Å²) >= 11 is 3.20. The van der Waals surface area contributed by atoms with E-state index in [1.807, 2.05) is 42.5 Å². The molecular formula is C22H13NOS2. The normalized spacial score (nSPS) is 11.2. The number of benzene rings is 3. The van der Waals surface area contributed by atoms with Gasteiger partial charge in [0.15, 0.2) is 0 Å². The molecule has 0 bridgehead atoms. The van der Waals surface area contributed by atoms with Gasteiger partial charge in [-0.15, -0.1) is 22.7 Å². The van der Waals surface area contributed by atoms with E-state index in [-0.39, 0.29) is 5.78 Å². The van der Waals surface area contributed by atoms with Crippen molar-refractivity contribution in [2.45, 2.75) is 0 Å². The molecule has 0 N–H and O–H groups in total. The van der Waals surface area contributed by atoms with Gasteiger partial charge < -0.3 is 0 Å². The second-order valence-corrected chi connectivity index (χ2v) is 8.10. The number of thiazole rings is 1. The van der Waals surface area contributed by atoms with Gasteiger partial charge in [0.1, 0.15) is 5.01 Å². The van der Waals surface area contributed by atoms with E-state index in [2.05, 4.69) is 36.4 Å². The molecular weight excluding hydrogens is 358 g/mol. The van der Waals surface area contributed by atoms with Gasteiger partial charge in [-0.2, -0.15) is 0 Å². The van der Waals surface area contributed by atoms with Crippen molar-refractivity contribution in [2.24, 2.45) is 0 Å².